The van der Waals surface area contributed by atoms with Crippen LogP contribution in [0.25, 0.3) is 0 Å². The molecule has 0 atom stereocenters. The molecule has 0 spiro atoms. The number of unbranched alkanes of at least 4 members (excludes halogenated alkanes) is 1. The van der Waals surface area contributed by atoms with E-state index in [0.29, 0.717) is 6.61 Å². The first-order valence-electron chi connectivity index (χ1n) is 6.30. The Morgan fingerprint density at radius 3 is 2.11 bits per heavy atom. The number of carbonyl (C=O) groups is 2. The maximum absolute atomic E-state index is 11.4. The molecule has 0 unspecified atom stereocenters. The average Bonchev–Trinajstić information content (AvgIpc) is 2.30. The lowest BCUT2D eigenvalue weighted by Crippen LogP contribution is -2.16. The molecule has 0 fully saturated rings. The lowest BCUT2D eigenvalue weighted by Gasteiger charge is -2.11. The molecule has 0 radical (unpaired) electrons. The Morgan fingerprint density at radius 2 is 1.67 bits per heavy atom. The molecule has 0 saturated carbocycles. The highest BCUT2D eigenvalue weighted by Gasteiger charge is 2.21. The molecule has 18 heavy (non-hydrogen) atoms. The maximum Gasteiger partial charge on any atom is 0.144 e. The molecule has 0 N–H and O–H groups in total. The third kappa shape index (κ3) is 3.99. The molecule has 1 rings (SSSR count). The molecule has 1 aromatic rings. The van der Waals surface area contributed by atoms with Crippen molar-refractivity contribution in [1.29, 1.82) is 0 Å². The summed E-state index contributed by atoms with van der Waals surface area (Å²) in [6.45, 7) is 5.69. The second kappa shape index (κ2) is 6.94. The van der Waals surface area contributed by atoms with E-state index in [4.69, 9.17) is 4.74 Å². The fourth-order valence-electron chi connectivity index (χ4n) is 1.85. The molecule has 0 saturated heterocycles. The van der Waals surface area contributed by atoms with Crippen molar-refractivity contribution in [3.8, 4) is 5.75 Å². The number of ketones is 2. The number of benzene rings is 1. The fraction of sp³-hybridized carbons (Fsp3) is 0.467. The van der Waals surface area contributed by atoms with Crippen LogP contribution in [-0.4, -0.2) is 18.2 Å². The monoisotopic (exact) mass is 248 g/mol. The summed E-state index contributed by atoms with van der Waals surface area (Å²) < 4.78 is 5.53. The topological polar surface area (TPSA) is 43.4 Å². The summed E-state index contributed by atoms with van der Waals surface area (Å²) in [5.74, 6) is -0.114. The third-order valence-corrected chi connectivity index (χ3v) is 2.79. The Morgan fingerprint density at radius 1 is 1.11 bits per heavy atom. The summed E-state index contributed by atoms with van der Waals surface area (Å²) in [6.07, 6.45) is 2.11. The molecule has 0 bridgehead atoms. The first-order valence-corrected chi connectivity index (χ1v) is 6.30. The highest BCUT2D eigenvalue weighted by Crippen LogP contribution is 2.21. The van der Waals surface area contributed by atoms with Crippen molar-refractivity contribution < 1.29 is 14.3 Å². The van der Waals surface area contributed by atoms with Gasteiger partial charge in [-0.15, -0.1) is 0 Å². The van der Waals surface area contributed by atoms with Crippen molar-refractivity contribution >= 4 is 11.6 Å². The van der Waals surface area contributed by atoms with Crippen LogP contribution in [0, 0.1) is 0 Å². The standard InChI is InChI=1S/C15H20O3/c1-4-5-10-18-14-8-6-13(7-9-14)15(11(2)16)12(3)17/h6-9,15H,4-5,10H2,1-3H3. The number of carbonyl (C=O) groups excluding carboxylic acids is 2. The minimum Gasteiger partial charge on any atom is -0.494 e. The third-order valence-electron chi connectivity index (χ3n) is 2.79. The van der Waals surface area contributed by atoms with Gasteiger partial charge >= 0.3 is 0 Å². The van der Waals surface area contributed by atoms with Crippen LogP contribution in [0.5, 0.6) is 5.75 Å². The van der Waals surface area contributed by atoms with Gasteiger partial charge in [0.15, 0.2) is 0 Å². The molecule has 0 aliphatic carbocycles. The van der Waals surface area contributed by atoms with Gasteiger partial charge in [-0.1, -0.05) is 25.5 Å². The molecule has 1 aromatic carbocycles. The predicted octanol–water partition coefficient (Wildman–Crippen LogP) is 3.13. The van der Waals surface area contributed by atoms with Gasteiger partial charge in [-0.3, -0.25) is 9.59 Å². The Kier molecular flexibility index (Phi) is 5.56. The Hall–Kier alpha value is -1.64. The number of rotatable bonds is 7. The molecule has 0 aromatic heterocycles. The zero-order chi connectivity index (χ0) is 13.5. The quantitative estimate of drug-likeness (QED) is 0.550. The van der Waals surface area contributed by atoms with Crippen molar-refractivity contribution in [2.75, 3.05) is 6.61 Å². The molecule has 0 aliphatic rings. The summed E-state index contributed by atoms with van der Waals surface area (Å²) in [7, 11) is 0. The van der Waals surface area contributed by atoms with E-state index in [2.05, 4.69) is 6.92 Å². The summed E-state index contributed by atoms with van der Waals surface area (Å²) >= 11 is 0. The van der Waals surface area contributed by atoms with E-state index in [1.54, 1.807) is 12.1 Å². The molecule has 0 heterocycles. The normalized spacial score (nSPS) is 10.4. The first kappa shape index (κ1) is 14.4. The van der Waals surface area contributed by atoms with Crippen molar-refractivity contribution in [3.63, 3.8) is 0 Å². The van der Waals surface area contributed by atoms with E-state index < -0.39 is 5.92 Å². The predicted molar refractivity (Wildman–Crippen MR) is 70.9 cm³/mol. The summed E-state index contributed by atoms with van der Waals surface area (Å²) in [6, 6.07) is 7.19. The van der Waals surface area contributed by atoms with Gasteiger partial charge in [0.25, 0.3) is 0 Å². The van der Waals surface area contributed by atoms with Gasteiger partial charge < -0.3 is 4.74 Å². The van der Waals surface area contributed by atoms with Crippen LogP contribution in [0.1, 0.15) is 45.1 Å². The van der Waals surface area contributed by atoms with Crippen molar-refractivity contribution in [3.05, 3.63) is 29.8 Å². The lowest BCUT2D eigenvalue weighted by molar-refractivity contribution is -0.126. The number of hydrogen-bond acceptors (Lipinski definition) is 3. The summed E-state index contributed by atoms with van der Waals surface area (Å²) in [5, 5.41) is 0. The van der Waals surface area contributed by atoms with Gasteiger partial charge in [-0.05, 0) is 38.0 Å². The molecular weight excluding hydrogens is 228 g/mol. The maximum atomic E-state index is 11.4. The van der Waals surface area contributed by atoms with Crippen LogP contribution in [-0.2, 0) is 9.59 Å². The molecule has 3 heteroatoms. The van der Waals surface area contributed by atoms with E-state index in [9.17, 15) is 9.59 Å². The second-order valence-corrected chi connectivity index (χ2v) is 4.43. The van der Waals surface area contributed by atoms with E-state index in [1.165, 1.54) is 13.8 Å². The first-order chi connectivity index (χ1) is 8.56. The average molecular weight is 248 g/mol. The van der Waals surface area contributed by atoms with E-state index in [-0.39, 0.29) is 11.6 Å². The van der Waals surface area contributed by atoms with Gasteiger partial charge in [-0.25, -0.2) is 0 Å². The van der Waals surface area contributed by atoms with E-state index in [0.717, 1.165) is 24.2 Å². The largest absolute Gasteiger partial charge is 0.494 e. The molecule has 3 nitrogen and oxygen atoms in total. The van der Waals surface area contributed by atoms with Crippen LogP contribution in [0.4, 0.5) is 0 Å². The van der Waals surface area contributed by atoms with Crippen LogP contribution in [0.3, 0.4) is 0 Å². The van der Waals surface area contributed by atoms with Crippen LogP contribution in [0.2, 0.25) is 0 Å². The molecule has 0 amide bonds. The van der Waals surface area contributed by atoms with Gasteiger partial charge in [0, 0.05) is 0 Å². The van der Waals surface area contributed by atoms with Crippen molar-refractivity contribution in [2.24, 2.45) is 0 Å². The van der Waals surface area contributed by atoms with Crippen molar-refractivity contribution in [1.82, 2.24) is 0 Å². The zero-order valence-corrected chi connectivity index (χ0v) is 11.2. The Bertz CT molecular complexity index is 392. The number of hydrogen-bond donors (Lipinski definition) is 0. The second-order valence-electron chi connectivity index (χ2n) is 4.43. The molecule has 0 aliphatic heterocycles. The summed E-state index contributed by atoms with van der Waals surface area (Å²) in [4.78, 5) is 22.9. The molecule has 98 valence electrons. The van der Waals surface area contributed by atoms with Gasteiger partial charge in [0.2, 0.25) is 0 Å². The van der Waals surface area contributed by atoms with E-state index >= 15 is 0 Å². The van der Waals surface area contributed by atoms with Crippen LogP contribution < -0.4 is 4.74 Å². The Balaban J connectivity index is 2.74. The minimum atomic E-state index is -0.644. The lowest BCUT2D eigenvalue weighted by atomic mass is 9.92. The number of ether oxygens (including phenoxy) is 1. The van der Waals surface area contributed by atoms with E-state index in [1.807, 2.05) is 12.1 Å². The zero-order valence-electron chi connectivity index (χ0n) is 11.2. The van der Waals surface area contributed by atoms with Crippen molar-refractivity contribution in [2.45, 2.75) is 39.5 Å². The van der Waals surface area contributed by atoms with Gasteiger partial charge in [-0.2, -0.15) is 0 Å². The van der Waals surface area contributed by atoms with Gasteiger partial charge in [0.1, 0.15) is 23.2 Å². The van der Waals surface area contributed by atoms with Gasteiger partial charge in [0.05, 0.1) is 6.61 Å². The highest BCUT2D eigenvalue weighted by molar-refractivity contribution is 6.05. The summed E-state index contributed by atoms with van der Waals surface area (Å²) in [5.41, 5.74) is 0.734. The van der Waals surface area contributed by atoms with Crippen LogP contribution in [0.15, 0.2) is 24.3 Å². The molecular formula is C15H20O3. The SMILES string of the molecule is CCCCOc1ccc(C(C(C)=O)C(C)=O)cc1. The Labute approximate surface area is 108 Å². The smallest absolute Gasteiger partial charge is 0.144 e. The van der Waals surface area contributed by atoms with Crippen LogP contribution >= 0.6 is 0 Å². The number of Topliss-reactive ketones (excluding diaryl/α,β-unsaturated/α-hetero) is 2. The minimum absolute atomic E-state index is 0.123. The highest BCUT2D eigenvalue weighted by atomic mass is 16.5. The fourth-order valence-corrected chi connectivity index (χ4v) is 1.85.